The van der Waals surface area contributed by atoms with Crippen molar-refractivity contribution in [2.24, 2.45) is 0 Å². The number of carbonyl (C=O) groups excluding carboxylic acids is 1. The van der Waals surface area contributed by atoms with Gasteiger partial charge in [-0.1, -0.05) is 30.0 Å². The van der Waals surface area contributed by atoms with Crippen molar-refractivity contribution in [3.63, 3.8) is 0 Å². The Balaban J connectivity index is 1.72. The second-order valence-electron chi connectivity index (χ2n) is 6.85. The highest BCUT2D eigenvalue weighted by Crippen LogP contribution is 2.30. The molecule has 0 aliphatic rings. The van der Waals surface area contributed by atoms with Gasteiger partial charge in [-0.3, -0.25) is 24.3 Å². The minimum atomic E-state index is -0.508. The Labute approximate surface area is 185 Å². The molecule has 2 aromatic carbocycles. The highest BCUT2D eigenvalue weighted by molar-refractivity contribution is 7.99. The highest BCUT2D eigenvalue weighted by Gasteiger charge is 2.19. The molecule has 4 rings (SSSR count). The number of hydrogen-bond acceptors (Lipinski definition) is 7. The molecule has 0 spiro atoms. The summed E-state index contributed by atoms with van der Waals surface area (Å²) in [6, 6.07) is 14.7. The van der Waals surface area contributed by atoms with E-state index >= 15 is 0 Å². The van der Waals surface area contributed by atoms with Gasteiger partial charge in [0.15, 0.2) is 10.9 Å². The maximum atomic E-state index is 13.4. The largest absolute Gasteiger partial charge is 0.293 e. The highest BCUT2D eigenvalue weighted by atomic mass is 32.2. The summed E-state index contributed by atoms with van der Waals surface area (Å²) in [4.78, 5) is 42.7. The molecule has 0 radical (unpaired) electrons. The molecule has 0 aliphatic carbocycles. The van der Waals surface area contributed by atoms with Gasteiger partial charge in [-0.25, -0.2) is 4.98 Å². The fraction of sp³-hybridized carbons (Fsp3) is 0.136. The van der Waals surface area contributed by atoms with Crippen LogP contribution in [0.4, 0.5) is 5.69 Å². The van der Waals surface area contributed by atoms with Crippen LogP contribution in [-0.4, -0.2) is 26.0 Å². The van der Waals surface area contributed by atoms with Gasteiger partial charge >= 0.3 is 0 Å². The van der Waals surface area contributed by atoms with Gasteiger partial charge in [0, 0.05) is 22.6 Å². The van der Waals surface area contributed by atoms with E-state index in [2.05, 4.69) is 0 Å². The smallest absolute Gasteiger partial charge is 0.269 e. The molecular weight excluding hydrogens is 434 g/mol. The van der Waals surface area contributed by atoms with Gasteiger partial charge in [-0.05, 0) is 43.7 Å². The molecule has 0 atom stereocenters. The number of Topliss-reactive ketones (excluding diaryl/α,β-unsaturated/α-hetero) is 1. The van der Waals surface area contributed by atoms with E-state index in [0.29, 0.717) is 26.6 Å². The number of rotatable bonds is 6. The van der Waals surface area contributed by atoms with Crippen LogP contribution in [0.15, 0.2) is 64.5 Å². The number of aryl methyl sites for hydroxylation is 2. The van der Waals surface area contributed by atoms with Crippen molar-refractivity contribution >= 4 is 44.8 Å². The van der Waals surface area contributed by atoms with E-state index in [1.165, 1.54) is 51.9 Å². The predicted molar refractivity (Wildman–Crippen MR) is 123 cm³/mol. The molecule has 31 heavy (non-hydrogen) atoms. The lowest BCUT2D eigenvalue weighted by Crippen LogP contribution is -2.22. The lowest BCUT2D eigenvalue weighted by molar-refractivity contribution is -0.384. The van der Waals surface area contributed by atoms with Crippen LogP contribution in [0.2, 0.25) is 0 Å². The van der Waals surface area contributed by atoms with Crippen LogP contribution < -0.4 is 5.56 Å². The van der Waals surface area contributed by atoms with Crippen LogP contribution in [0, 0.1) is 24.0 Å². The molecule has 0 saturated carbocycles. The number of hydrogen-bond donors (Lipinski definition) is 0. The van der Waals surface area contributed by atoms with Crippen LogP contribution in [0.5, 0.6) is 0 Å². The van der Waals surface area contributed by atoms with Gasteiger partial charge in [0.05, 0.1) is 21.7 Å². The van der Waals surface area contributed by atoms with Gasteiger partial charge in [0.2, 0.25) is 0 Å². The minimum Gasteiger partial charge on any atom is -0.293 e. The van der Waals surface area contributed by atoms with Crippen molar-refractivity contribution in [1.29, 1.82) is 0 Å². The van der Waals surface area contributed by atoms with E-state index in [1.807, 2.05) is 44.2 Å². The Hall–Kier alpha value is -3.30. The molecule has 0 fully saturated rings. The summed E-state index contributed by atoms with van der Waals surface area (Å²) in [5, 5.41) is 11.8. The lowest BCUT2D eigenvalue weighted by atomic mass is 10.1. The summed E-state index contributed by atoms with van der Waals surface area (Å²) < 4.78 is 1.54. The topological polar surface area (TPSA) is 95.1 Å². The van der Waals surface area contributed by atoms with E-state index in [-0.39, 0.29) is 22.8 Å². The average Bonchev–Trinajstić information content (AvgIpc) is 3.06. The summed E-state index contributed by atoms with van der Waals surface area (Å²) >= 11 is 2.63. The van der Waals surface area contributed by atoms with Gasteiger partial charge in [-0.2, -0.15) is 0 Å². The van der Waals surface area contributed by atoms with Crippen molar-refractivity contribution in [2.75, 3.05) is 5.75 Å². The second-order valence-corrected chi connectivity index (χ2v) is 9.00. The van der Waals surface area contributed by atoms with Crippen LogP contribution in [0.3, 0.4) is 0 Å². The zero-order chi connectivity index (χ0) is 22.1. The molecule has 0 N–H and O–H groups in total. The van der Waals surface area contributed by atoms with Crippen molar-refractivity contribution in [1.82, 2.24) is 9.55 Å². The van der Waals surface area contributed by atoms with E-state index < -0.39 is 4.92 Å². The van der Waals surface area contributed by atoms with Gasteiger partial charge < -0.3 is 0 Å². The lowest BCUT2D eigenvalue weighted by Gasteiger charge is -2.12. The summed E-state index contributed by atoms with van der Waals surface area (Å²) in [7, 11) is 0. The zero-order valence-electron chi connectivity index (χ0n) is 16.7. The third-order valence-electron chi connectivity index (χ3n) is 4.92. The Morgan fingerprint density at radius 3 is 2.45 bits per heavy atom. The number of thiophene rings is 1. The van der Waals surface area contributed by atoms with E-state index in [9.17, 15) is 19.7 Å². The number of non-ortho nitro benzene ring substituents is 1. The first kappa shape index (κ1) is 21.0. The molecule has 4 aromatic rings. The number of nitro benzene ring substituents is 1. The Morgan fingerprint density at radius 1 is 1.13 bits per heavy atom. The summed E-state index contributed by atoms with van der Waals surface area (Å²) in [6.45, 7) is 3.87. The van der Waals surface area contributed by atoms with Crippen molar-refractivity contribution in [3.05, 3.63) is 91.1 Å². The number of nitrogens with zero attached hydrogens (tertiary/aromatic N) is 3. The Bertz CT molecular complexity index is 1360. The first-order chi connectivity index (χ1) is 14.9. The number of nitro groups is 1. The van der Waals surface area contributed by atoms with E-state index in [0.717, 1.165) is 10.4 Å². The summed E-state index contributed by atoms with van der Waals surface area (Å²) in [5.74, 6) is -0.154. The molecule has 156 valence electrons. The van der Waals surface area contributed by atoms with Crippen LogP contribution >= 0.6 is 23.1 Å². The van der Waals surface area contributed by atoms with Crippen molar-refractivity contribution in [2.45, 2.75) is 19.0 Å². The first-order valence-electron chi connectivity index (χ1n) is 9.35. The molecule has 0 saturated heterocycles. The van der Waals surface area contributed by atoms with Gasteiger partial charge in [0.25, 0.3) is 11.2 Å². The molecule has 9 heteroatoms. The summed E-state index contributed by atoms with van der Waals surface area (Å²) in [6.07, 6.45) is 0. The third-order valence-corrected chi connectivity index (χ3v) is 6.96. The molecule has 0 unspecified atom stereocenters. The molecule has 0 aliphatic heterocycles. The first-order valence-corrected chi connectivity index (χ1v) is 11.2. The van der Waals surface area contributed by atoms with Gasteiger partial charge in [-0.15, -0.1) is 11.3 Å². The van der Waals surface area contributed by atoms with Crippen LogP contribution in [-0.2, 0) is 0 Å². The quantitative estimate of drug-likeness (QED) is 0.135. The number of benzene rings is 2. The zero-order valence-corrected chi connectivity index (χ0v) is 18.3. The normalized spacial score (nSPS) is 11.0. The molecule has 2 aromatic heterocycles. The Kier molecular flexibility index (Phi) is 5.71. The molecule has 7 nitrogen and oxygen atoms in total. The van der Waals surface area contributed by atoms with Gasteiger partial charge in [0.1, 0.15) is 4.83 Å². The van der Waals surface area contributed by atoms with E-state index in [1.54, 1.807) is 0 Å². The Morgan fingerprint density at radius 2 is 1.81 bits per heavy atom. The number of carbonyl (C=O) groups is 1. The second kappa shape index (κ2) is 8.44. The number of thioether (sulfide) groups is 1. The van der Waals surface area contributed by atoms with Crippen LogP contribution in [0.25, 0.3) is 15.9 Å². The average molecular weight is 452 g/mol. The standard InChI is InChI=1S/C22H17N3O4S2/c1-13-14(2)31-20-19(13)21(27)24(16-6-4-3-5-7-16)22(23-20)30-12-18(26)15-8-10-17(11-9-15)25(28)29/h3-11H,12H2,1-2H3. The monoisotopic (exact) mass is 451 g/mol. The fourth-order valence-electron chi connectivity index (χ4n) is 3.16. The maximum absolute atomic E-state index is 13.4. The SMILES string of the molecule is Cc1sc2nc(SCC(=O)c3ccc([N+](=O)[O-])cc3)n(-c3ccccc3)c(=O)c2c1C. The maximum Gasteiger partial charge on any atom is 0.269 e. The number of aromatic nitrogens is 2. The predicted octanol–water partition coefficient (Wildman–Crippen LogP) is 4.95. The number of para-hydroxylation sites is 1. The van der Waals surface area contributed by atoms with Crippen molar-refractivity contribution < 1.29 is 9.72 Å². The molecule has 0 bridgehead atoms. The number of ketones is 1. The summed E-state index contributed by atoms with van der Waals surface area (Å²) in [5.41, 5.74) is 1.73. The minimum absolute atomic E-state index is 0.0476. The molecular formula is C22H17N3O4S2. The third kappa shape index (κ3) is 4.01. The van der Waals surface area contributed by atoms with Crippen molar-refractivity contribution in [3.8, 4) is 5.69 Å². The van der Waals surface area contributed by atoms with E-state index in [4.69, 9.17) is 4.98 Å². The molecule has 0 amide bonds. The fourth-order valence-corrected chi connectivity index (χ4v) is 5.14. The number of fused-ring (bicyclic) bond motifs is 1. The van der Waals surface area contributed by atoms with Crippen LogP contribution in [0.1, 0.15) is 20.8 Å². The molecule has 2 heterocycles.